The Labute approximate surface area is 140 Å². The van der Waals surface area contributed by atoms with Crippen molar-refractivity contribution < 1.29 is 9.59 Å². The summed E-state index contributed by atoms with van der Waals surface area (Å²) in [6.45, 7) is 7.15. The van der Waals surface area contributed by atoms with E-state index in [-0.39, 0.29) is 23.6 Å². The summed E-state index contributed by atoms with van der Waals surface area (Å²) in [5.74, 6) is 0.606. The lowest BCUT2D eigenvalue weighted by molar-refractivity contribution is -0.114. The molecular weight excluding hydrogens is 306 g/mol. The number of nitrogens with one attached hydrogen (secondary N) is 3. The lowest BCUT2D eigenvalue weighted by Crippen LogP contribution is -2.17. The van der Waals surface area contributed by atoms with Crippen molar-refractivity contribution >= 4 is 29.0 Å². The van der Waals surface area contributed by atoms with Crippen LogP contribution in [0, 0.1) is 6.92 Å². The van der Waals surface area contributed by atoms with Gasteiger partial charge in [0.1, 0.15) is 17.3 Å². The molecular formula is C17H21N5O2. The average Bonchev–Trinajstić information content (AvgIpc) is 2.45. The number of carbonyl (C=O) groups excluding carboxylic acids is 2. The standard InChI is InChI=1S/C17H21N5O2/c1-10(2)18-16-9-15(19-11(3)20-16)17(24)22-14-7-5-6-13(8-14)21-12(4)23/h5-10H,1-4H3,(H,21,23)(H,22,24)(H,18,19,20). The molecule has 1 heterocycles. The highest BCUT2D eigenvalue weighted by molar-refractivity contribution is 6.03. The zero-order valence-electron chi connectivity index (χ0n) is 14.2. The molecule has 0 radical (unpaired) electrons. The Morgan fingerprint density at radius 1 is 1.04 bits per heavy atom. The summed E-state index contributed by atoms with van der Waals surface area (Å²) in [5.41, 5.74) is 1.46. The molecule has 24 heavy (non-hydrogen) atoms. The minimum Gasteiger partial charge on any atom is -0.368 e. The summed E-state index contributed by atoms with van der Waals surface area (Å²) in [7, 11) is 0. The van der Waals surface area contributed by atoms with Crippen LogP contribution in [0.3, 0.4) is 0 Å². The highest BCUT2D eigenvalue weighted by atomic mass is 16.2. The highest BCUT2D eigenvalue weighted by Gasteiger charge is 2.12. The molecule has 7 nitrogen and oxygen atoms in total. The van der Waals surface area contributed by atoms with E-state index in [1.165, 1.54) is 6.92 Å². The predicted octanol–water partition coefficient (Wildman–Crippen LogP) is 2.82. The first-order valence-electron chi connectivity index (χ1n) is 7.64. The molecule has 0 spiro atoms. The van der Waals surface area contributed by atoms with Crippen LogP contribution in [0.4, 0.5) is 17.2 Å². The van der Waals surface area contributed by atoms with Crippen molar-refractivity contribution in [2.75, 3.05) is 16.0 Å². The second kappa shape index (κ2) is 7.54. The predicted molar refractivity (Wildman–Crippen MR) is 94.2 cm³/mol. The molecule has 1 aromatic heterocycles. The monoisotopic (exact) mass is 327 g/mol. The highest BCUT2D eigenvalue weighted by Crippen LogP contribution is 2.16. The first-order valence-corrected chi connectivity index (χ1v) is 7.64. The smallest absolute Gasteiger partial charge is 0.274 e. The number of anilines is 3. The normalized spacial score (nSPS) is 10.4. The molecule has 0 saturated heterocycles. The quantitative estimate of drug-likeness (QED) is 0.785. The van der Waals surface area contributed by atoms with Crippen molar-refractivity contribution in [1.82, 2.24) is 9.97 Å². The Balaban J connectivity index is 2.17. The van der Waals surface area contributed by atoms with Gasteiger partial charge in [-0.1, -0.05) is 6.07 Å². The molecule has 126 valence electrons. The molecule has 0 aliphatic carbocycles. The molecule has 0 unspecified atom stereocenters. The van der Waals surface area contributed by atoms with Crippen LogP contribution >= 0.6 is 0 Å². The lowest BCUT2D eigenvalue weighted by Gasteiger charge is -2.11. The summed E-state index contributed by atoms with van der Waals surface area (Å²) in [6, 6.07) is 8.73. The molecule has 0 saturated carbocycles. The number of benzene rings is 1. The topological polar surface area (TPSA) is 96.0 Å². The maximum absolute atomic E-state index is 12.4. The van der Waals surface area contributed by atoms with Crippen LogP contribution < -0.4 is 16.0 Å². The first kappa shape index (κ1) is 17.4. The third kappa shape index (κ3) is 5.05. The molecule has 0 atom stereocenters. The van der Waals surface area contributed by atoms with E-state index < -0.39 is 0 Å². The van der Waals surface area contributed by atoms with E-state index in [1.54, 1.807) is 37.3 Å². The van der Waals surface area contributed by atoms with Crippen LogP contribution in [-0.4, -0.2) is 27.8 Å². The zero-order valence-corrected chi connectivity index (χ0v) is 14.2. The third-order valence-electron chi connectivity index (χ3n) is 2.95. The van der Waals surface area contributed by atoms with Gasteiger partial charge in [-0.05, 0) is 39.0 Å². The van der Waals surface area contributed by atoms with Gasteiger partial charge < -0.3 is 16.0 Å². The minimum atomic E-state index is -0.340. The molecule has 0 fully saturated rings. The van der Waals surface area contributed by atoms with Crippen LogP contribution in [0.25, 0.3) is 0 Å². The zero-order chi connectivity index (χ0) is 17.7. The van der Waals surface area contributed by atoms with E-state index in [1.807, 2.05) is 13.8 Å². The maximum Gasteiger partial charge on any atom is 0.274 e. The minimum absolute atomic E-state index is 0.172. The molecule has 0 aliphatic heterocycles. The number of rotatable bonds is 5. The van der Waals surface area contributed by atoms with Gasteiger partial charge in [0.05, 0.1) is 0 Å². The van der Waals surface area contributed by atoms with Gasteiger partial charge in [0, 0.05) is 30.4 Å². The molecule has 3 N–H and O–H groups in total. The molecule has 7 heteroatoms. The van der Waals surface area contributed by atoms with Gasteiger partial charge in [0.2, 0.25) is 5.91 Å². The van der Waals surface area contributed by atoms with Crippen LogP contribution in [0.1, 0.15) is 37.1 Å². The molecule has 2 amide bonds. The Kier molecular flexibility index (Phi) is 5.47. The van der Waals surface area contributed by atoms with E-state index in [0.717, 1.165) is 0 Å². The molecule has 2 aromatic rings. The second-order valence-electron chi connectivity index (χ2n) is 5.70. The molecule has 0 bridgehead atoms. The number of hydrogen-bond acceptors (Lipinski definition) is 5. The van der Waals surface area contributed by atoms with Gasteiger partial charge in [-0.25, -0.2) is 9.97 Å². The van der Waals surface area contributed by atoms with E-state index in [4.69, 9.17) is 0 Å². The van der Waals surface area contributed by atoms with E-state index >= 15 is 0 Å². The van der Waals surface area contributed by atoms with Crippen molar-refractivity contribution in [3.8, 4) is 0 Å². The third-order valence-corrected chi connectivity index (χ3v) is 2.95. The van der Waals surface area contributed by atoms with Gasteiger partial charge in [-0.15, -0.1) is 0 Å². The largest absolute Gasteiger partial charge is 0.368 e. The fourth-order valence-corrected chi connectivity index (χ4v) is 2.13. The van der Waals surface area contributed by atoms with Crippen molar-refractivity contribution in [2.45, 2.75) is 33.7 Å². The van der Waals surface area contributed by atoms with Crippen LogP contribution in [0.15, 0.2) is 30.3 Å². The van der Waals surface area contributed by atoms with Gasteiger partial charge in [-0.3, -0.25) is 9.59 Å². The molecule has 0 aliphatic rings. The summed E-state index contributed by atoms with van der Waals surface area (Å²) >= 11 is 0. The van der Waals surface area contributed by atoms with Crippen molar-refractivity contribution in [1.29, 1.82) is 0 Å². The Morgan fingerprint density at radius 2 is 1.71 bits per heavy atom. The van der Waals surface area contributed by atoms with E-state index in [9.17, 15) is 9.59 Å². The van der Waals surface area contributed by atoms with Gasteiger partial charge in [0.25, 0.3) is 5.91 Å². The fraction of sp³-hybridized carbons (Fsp3) is 0.294. The van der Waals surface area contributed by atoms with Gasteiger partial charge in [0.15, 0.2) is 0 Å². The number of aryl methyl sites for hydroxylation is 1. The van der Waals surface area contributed by atoms with E-state index in [2.05, 4.69) is 25.9 Å². The van der Waals surface area contributed by atoms with Crippen molar-refractivity contribution in [3.05, 3.63) is 41.9 Å². The van der Waals surface area contributed by atoms with Crippen LogP contribution in [0.5, 0.6) is 0 Å². The number of hydrogen-bond donors (Lipinski definition) is 3. The molecule has 2 rings (SSSR count). The van der Waals surface area contributed by atoms with Gasteiger partial charge in [-0.2, -0.15) is 0 Å². The second-order valence-corrected chi connectivity index (χ2v) is 5.70. The van der Waals surface area contributed by atoms with Crippen LogP contribution in [0.2, 0.25) is 0 Å². The summed E-state index contributed by atoms with van der Waals surface area (Å²) < 4.78 is 0. The van der Waals surface area contributed by atoms with Crippen molar-refractivity contribution in [2.24, 2.45) is 0 Å². The van der Waals surface area contributed by atoms with E-state index in [0.29, 0.717) is 23.0 Å². The summed E-state index contributed by atoms with van der Waals surface area (Å²) in [6.07, 6.45) is 0. The Morgan fingerprint density at radius 3 is 2.33 bits per heavy atom. The lowest BCUT2D eigenvalue weighted by atomic mass is 10.2. The Bertz CT molecular complexity index is 758. The number of aromatic nitrogens is 2. The number of carbonyl (C=O) groups is 2. The maximum atomic E-state index is 12.4. The summed E-state index contributed by atoms with van der Waals surface area (Å²) in [4.78, 5) is 32.0. The SMILES string of the molecule is CC(=O)Nc1cccc(NC(=O)c2cc(NC(C)C)nc(C)n2)c1. The first-order chi connectivity index (χ1) is 11.3. The average molecular weight is 327 g/mol. The number of nitrogens with zero attached hydrogens (tertiary/aromatic N) is 2. The summed E-state index contributed by atoms with van der Waals surface area (Å²) in [5, 5.41) is 8.60. The number of amides is 2. The molecule has 1 aromatic carbocycles. The van der Waals surface area contributed by atoms with Crippen molar-refractivity contribution in [3.63, 3.8) is 0 Å². The fourth-order valence-electron chi connectivity index (χ4n) is 2.13. The Hall–Kier alpha value is -2.96. The van der Waals surface area contributed by atoms with Gasteiger partial charge >= 0.3 is 0 Å². The van der Waals surface area contributed by atoms with Crippen LogP contribution in [-0.2, 0) is 4.79 Å².